The first kappa shape index (κ1) is 21.0. The number of urea groups is 1. The minimum atomic E-state index is -5.32. The summed E-state index contributed by atoms with van der Waals surface area (Å²) in [5.74, 6) is -2.14. The lowest BCUT2D eigenvalue weighted by molar-refractivity contribution is -0.197. The Morgan fingerprint density at radius 2 is 1.47 bits per heavy atom. The van der Waals surface area contributed by atoms with E-state index in [-0.39, 0.29) is 11.3 Å². The highest BCUT2D eigenvalue weighted by molar-refractivity contribution is 6.24. The van der Waals surface area contributed by atoms with E-state index >= 15 is 0 Å². The summed E-state index contributed by atoms with van der Waals surface area (Å²) in [6.45, 7) is 0. The molecule has 2 aromatic carbocycles. The first-order chi connectivity index (χ1) is 14.1. The zero-order chi connectivity index (χ0) is 22.1. The Hall–Kier alpha value is -3.76. The first-order valence-corrected chi connectivity index (χ1v) is 8.47. The van der Waals surface area contributed by atoms with Gasteiger partial charge in [0.05, 0.1) is 19.9 Å². The number of amides is 4. The third kappa shape index (κ3) is 3.49. The van der Waals surface area contributed by atoms with Gasteiger partial charge >= 0.3 is 12.2 Å². The summed E-state index contributed by atoms with van der Waals surface area (Å²) in [4.78, 5) is 37.8. The van der Waals surface area contributed by atoms with Gasteiger partial charge in [-0.15, -0.1) is 0 Å². The molecule has 0 unspecified atom stereocenters. The molecular formula is C19H16F3N3O5. The van der Waals surface area contributed by atoms with Crippen molar-refractivity contribution in [1.29, 1.82) is 0 Å². The summed E-state index contributed by atoms with van der Waals surface area (Å²) in [7, 11) is 2.76. The second-order valence-corrected chi connectivity index (χ2v) is 6.20. The van der Waals surface area contributed by atoms with Gasteiger partial charge in [-0.3, -0.25) is 14.9 Å². The van der Waals surface area contributed by atoms with Crippen molar-refractivity contribution in [2.45, 2.75) is 11.8 Å². The van der Waals surface area contributed by atoms with Gasteiger partial charge in [0.1, 0.15) is 11.5 Å². The standard InChI is InChI=1S/C19H16F3N3O5/c1-29-13-7-3-11(4-8-13)15(26)23-18(19(20,21)22)16(27)25(17(28)24-18)12-5-9-14(30-2)10-6-12/h3-10H,1-2H3,(H,23,26)(H,24,28)/t18-/m1/s1. The fourth-order valence-electron chi connectivity index (χ4n) is 2.83. The van der Waals surface area contributed by atoms with Gasteiger partial charge < -0.3 is 14.8 Å². The van der Waals surface area contributed by atoms with E-state index in [2.05, 4.69) is 0 Å². The predicted molar refractivity (Wildman–Crippen MR) is 98.3 cm³/mol. The molecule has 2 aromatic rings. The zero-order valence-corrected chi connectivity index (χ0v) is 15.7. The average Bonchev–Trinajstić information content (AvgIpc) is 2.98. The molecule has 158 valence electrons. The highest BCUT2D eigenvalue weighted by Gasteiger charge is 2.69. The van der Waals surface area contributed by atoms with E-state index in [1.165, 1.54) is 62.8 Å². The second-order valence-electron chi connectivity index (χ2n) is 6.20. The monoisotopic (exact) mass is 423 g/mol. The van der Waals surface area contributed by atoms with Crippen LogP contribution in [0.5, 0.6) is 11.5 Å². The number of carbonyl (C=O) groups excluding carboxylic acids is 3. The molecule has 1 aliphatic rings. The number of halogens is 3. The number of imide groups is 1. The molecule has 11 heteroatoms. The van der Waals surface area contributed by atoms with Gasteiger partial charge in [-0.2, -0.15) is 13.2 Å². The van der Waals surface area contributed by atoms with Crippen molar-refractivity contribution in [1.82, 2.24) is 10.6 Å². The molecule has 1 atom stereocenters. The molecule has 0 bridgehead atoms. The number of anilines is 1. The number of carbonyl (C=O) groups is 3. The summed E-state index contributed by atoms with van der Waals surface area (Å²) in [5, 5.41) is 3.22. The number of ether oxygens (including phenoxy) is 2. The first-order valence-electron chi connectivity index (χ1n) is 8.47. The van der Waals surface area contributed by atoms with E-state index in [9.17, 15) is 27.6 Å². The molecule has 0 spiro atoms. The second kappa shape index (κ2) is 7.58. The summed E-state index contributed by atoms with van der Waals surface area (Å²) in [6.07, 6.45) is -5.32. The lowest BCUT2D eigenvalue weighted by atomic mass is 10.1. The lowest BCUT2D eigenvalue weighted by Gasteiger charge is -2.29. The Balaban J connectivity index is 1.95. The molecule has 2 N–H and O–H groups in total. The minimum Gasteiger partial charge on any atom is -0.497 e. The van der Waals surface area contributed by atoms with Gasteiger partial charge in [0, 0.05) is 5.56 Å². The molecule has 1 saturated heterocycles. The highest BCUT2D eigenvalue weighted by atomic mass is 19.4. The number of methoxy groups -OCH3 is 2. The molecule has 1 fully saturated rings. The van der Waals surface area contributed by atoms with Crippen LogP contribution >= 0.6 is 0 Å². The quantitative estimate of drug-likeness (QED) is 0.721. The number of nitrogens with zero attached hydrogens (tertiary/aromatic N) is 1. The summed E-state index contributed by atoms with van der Waals surface area (Å²) >= 11 is 0. The Morgan fingerprint density at radius 3 is 1.93 bits per heavy atom. The van der Waals surface area contributed by atoms with Gasteiger partial charge in [-0.1, -0.05) is 0 Å². The Bertz CT molecular complexity index is 976. The van der Waals surface area contributed by atoms with E-state index in [1.807, 2.05) is 0 Å². The van der Waals surface area contributed by atoms with E-state index in [1.54, 1.807) is 10.6 Å². The van der Waals surface area contributed by atoms with Gasteiger partial charge in [-0.25, -0.2) is 9.69 Å². The largest absolute Gasteiger partial charge is 0.497 e. The Labute approximate surface area is 168 Å². The molecule has 30 heavy (non-hydrogen) atoms. The number of rotatable bonds is 5. The highest BCUT2D eigenvalue weighted by Crippen LogP contribution is 2.36. The van der Waals surface area contributed by atoms with Crippen molar-refractivity contribution >= 4 is 23.5 Å². The molecule has 1 aliphatic heterocycles. The van der Waals surface area contributed by atoms with Crippen LogP contribution in [0.4, 0.5) is 23.7 Å². The van der Waals surface area contributed by atoms with Crippen LogP contribution in [0, 0.1) is 0 Å². The number of hydrogen-bond acceptors (Lipinski definition) is 5. The van der Waals surface area contributed by atoms with E-state index in [4.69, 9.17) is 9.47 Å². The van der Waals surface area contributed by atoms with Crippen molar-refractivity contribution in [3.05, 3.63) is 54.1 Å². The fourth-order valence-corrected chi connectivity index (χ4v) is 2.83. The number of nitrogens with one attached hydrogen (secondary N) is 2. The summed E-state index contributed by atoms with van der Waals surface area (Å²) in [6, 6.07) is 9.09. The van der Waals surface area contributed by atoms with Gasteiger partial charge in [0.2, 0.25) is 0 Å². The molecule has 4 amide bonds. The van der Waals surface area contributed by atoms with E-state index in [0.717, 1.165) is 0 Å². The van der Waals surface area contributed by atoms with E-state index < -0.39 is 29.7 Å². The van der Waals surface area contributed by atoms with Crippen molar-refractivity contribution in [2.75, 3.05) is 19.1 Å². The number of alkyl halides is 3. The molecule has 3 rings (SSSR count). The Kier molecular flexibility index (Phi) is 5.29. The summed E-state index contributed by atoms with van der Waals surface area (Å²) < 4.78 is 51.7. The zero-order valence-electron chi connectivity index (χ0n) is 15.7. The molecule has 0 saturated carbocycles. The van der Waals surface area contributed by atoms with Crippen LogP contribution in [-0.2, 0) is 4.79 Å². The molecule has 0 radical (unpaired) electrons. The molecule has 0 aromatic heterocycles. The third-order valence-corrected chi connectivity index (χ3v) is 4.43. The lowest BCUT2D eigenvalue weighted by Crippen LogP contribution is -2.69. The van der Waals surface area contributed by atoms with Crippen LogP contribution in [-0.4, -0.2) is 43.9 Å². The predicted octanol–water partition coefficient (Wildman–Crippen LogP) is 2.45. The van der Waals surface area contributed by atoms with E-state index in [0.29, 0.717) is 16.4 Å². The smallest absolute Gasteiger partial charge is 0.440 e. The van der Waals surface area contributed by atoms with Gasteiger partial charge in [0.25, 0.3) is 17.5 Å². The van der Waals surface area contributed by atoms with Crippen LogP contribution in [0.1, 0.15) is 10.4 Å². The summed E-state index contributed by atoms with van der Waals surface area (Å²) in [5.41, 5.74) is -3.91. The van der Waals surface area contributed by atoms with Crippen LogP contribution in [0.25, 0.3) is 0 Å². The Morgan fingerprint density at radius 1 is 0.967 bits per heavy atom. The van der Waals surface area contributed by atoms with Crippen molar-refractivity contribution in [2.24, 2.45) is 0 Å². The molecular weight excluding hydrogens is 407 g/mol. The molecule has 8 nitrogen and oxygen atoms in total. The maximum Gasteiger partial charge on any atom is 0.440 e. The average molecular weight is 423 g/mol. The van der Waals surface area contributed by atoms with Gasteiger partial charge in [-0.05, 0) is 48.5 Å². The topological polar surface area (TPSA) is 97.0 Å². The third-order valence-electron chi connectivity index (χ3n) is 4.43. The van der Waals surface area contributed by atoms with Crippen molar-refractivity contribution in [3.8, 4) is 11.5 Å². The molecule has 0 aliphatic carbocycles. The molecule has 1 heterocycles. The normalized spacial score (nSPS) is 18.8. The maximum absolute atomic E-state index is 13.9. The van der Waals surface area contributed by atoms with Crippen LogP contribution in [0.3, 0.4) is 0 Å². The SMILES string of the molecule is COc1ccc(C(=O)N[C@@]2(C(F)(F)F)NC(=O)N(c3ccc(OC)cc3)C2=O)cc1. The minimum absolute atomic E-state index is 0.122. The van der Waals surface area contributed by atoms with Crippen LogP contribution in [0.15, 0.2) is 48.5 Å². The van der Waals surface area contributed by atoms with Gasteiger partial charge in [0.15, 0.2) is 0 Å². The van der Waals surface area contributed by atoms with Crippen LogP contribution in [0.2, 0.25) is 0 Å². The van der Waals surface area contributed by atoms with Crippen molar-refractivity contribution in [3.63, 3.8) is 0 Å². The van der Waals surface area contributed by atoms with Crippen molar-refractivity contribution < 1.29 is 37.0 Å². The number of hydrogen-bond donors (Lipinski definition) is 2. The fraction of sp³-hybridized carbons (Fsp3) is 0.211. The maximum atomic E-state index is 13.9. The van der Waals surface area contributed by atoms with Crippen LogP contribution < -0.4 is 25.0 Å². The number of benzene rings is 2.